The number of unbranched alkanes of at least 4 members (excludes halogenated alkanes) is 23. The van der Waals surface area contributed by atoms with Gasteiger partial charge in [0.25, 0.3) is 0 Å². The minimum atomic E-state index is -0.767. The second-order valence-electron chi connectivity index (χ2n) is 14.3. The number of rotatable bonds is 38. The van der Waals surface area contributed by atoms with E-state index in [1.165, 1.54) is 103 Å². The fourth-order valence-corrected chi connectivity index (χ4v) is 5.93. The molecule has 0 heterocycles. The molecule has 50 heavy (non-hydrogen) atoms. The Morgan fingerprint density at radius 1 is 0.400 bits per heavy atom. The normalized spacial score (nSPS) is 12.1. The van der Waals surface area contributed by atoms with Crippen LogP contribution < -0.4 is 0 Å². The zero-order valence-electron chi connectivity index (χ0n) is 33.2. The molecule has 0 aliphatic rings. The molecule has 0 rings (SSSR count). The minimum absolute atomic E-state index is 0.0728. The van der Waals surface area contributed by atoms with Crippen LogP contribution in [-0.4, -0.2) is 37.2 Å². The molecule has 1 atom stereocenters. The highest BCUT2D eigenvalue weighted by Crippen LogP contribution is 2.14. The van der Waals surface area contributed by atoms with Gasteiger partial charge in [-0.2, -0.15) is 0 Å². The van der Waals surface area contributed by atoms with Crippen LogP contribution >= 0.6 is 0 Å². The average molecular weight is 705 g/mol. The van der Waals surface area contributed by atoms with E-state index in [0.29, 0.717) is 19.3 Å². The van der Waals surface area contributed by atoms with Crippen LogP contribution in [0.2, 0.25) is 0 Å². The van der Waals surface area contributed by atoms with E-state index in [4.69, 9.17) is 14.2 Å². The zero-order chi connectivity index (χ0) is 36.6. The van der Waals surface area contributed by atoms with Crippen molar-refractivity contribution in [2.45, 2.75) is 226 Å². The van der Waals surface area contributed by atoms with Crippen molar-refractivity contribution >= 4 is 17.9 Å². The van der Waals surface area contributed by atoms with Crippen LogP contribution in [0.25, 0.3) is 0 Å². The van der Waals surface area contributed by atoms with Gasteiger partial charge in [0.05, 0.1) is 0 Å². The molecule has 0 aromatic rings. The van der Waals surface area contributed by atoms with Crippen LogP contribution in [0.15, 0.2) is 24.3 Å². The van der Waals surface area contributed by atoms with Crippen molar-refractivity contribution in [2.75, 3.05) is 13.2 Å². The summed E-state index contributed by atoms with van der Waals surface area (Å²) in [6.45, 7) is 6.53. The van der Waals surface area contributed by atoms with Gasteiger partial charge >= 0.3 is 17.9 Å². The Morgan fingerprint density at radius 2 is 0.740 bits per heavy atom. The Kier molecular flexibility index (Phi) is 38.0. The van der Waals surface area contributed by atoms with Gasteiger partial charge in [-0.15, -0.1) is 0 Å². The summed E-state index contributed by atoms with van der Waals surface area (Å²) < 4.78 is 16.6. The number of hydrogen-bond acceptors (Lipinski definition) is 6. The van der Waals surface area contributed by atoms with Crippen molar-refractivity contribution in [1.29, 1.82) is 0 Å². The van der Waals surface area contributed by atoms with Gasteiger partial charge in [0, 0.05) is 19.3 Å². The first-order valence-corrected chi connectivity index (χ1v) is 21.3. The molecular formula is C44H80O6. The number of hydrogen-bond donors (Lipinski definition) is 0. The van der Waals surface area contributed by atoms with Gasteiger partial charge in [-0.25, -0.2) is 0 Å². The van der Waals surface area contributed by atoms with Crippen LogP contribution in [-0.2, 0) is 28.6 Å². The molecule has 292 valence electrons. The maximum absolute atomic E-state index is 12.6. The lowest BCUT2D eigenvalue weighted by Crippen LogP contribution is -2.30. The highest BCUT2D eigenvalue weighted by atomic mass is 16.6. The smallest absolute Gasteiger partial charge is 0.306 e. The molecule has 0 aliphatic carbocycles. The summed E-state index contributed by atoms with van der Waals surface area (Å²) in [6, 6.07) is 0. The standard InChI is InChI=1S/C44H80O6/c1-4-7-10-13-16-19-20-21-22-23-26-28-31-34-37-43(46)49-40-41(50-44(47)38-35-32-29-25-18-15-12-9-6-3)39-48-42(45)36-33-30-27-24-17-14-11-8-5-2/h13,16,20-21,41H,4-12,14-15,17-19,22-40H2,1-3H3/b16-13-,21-20-/t41-/m1/s1. The number of carbonyl (C=O) groups is 3. The summed E-state index contributed by atoms with van der Waals surface area (Å²) in [7, 11) is 0. The van der Waals surface area contributed by atoms with Gasteiger partial charge in [-0.05, 0) is 44.9 Å². The second kappa shape index (κ2) is 39.7. The van der Waals surface area contributed by atoms with E-state index in [1.807, 2.05) is 0 Å². The van der Waals surface area contributed by atoms with Gasteiger partial charge in [0.2, 0.25) is 0 Å². The van der Waals surface area contributed by atoms with Crippen LogP contribution in [0, 0.1) is 0 Å². The van der Waals surface area contributed by atoms with Gasteiger partial charge in [0.15, 0.2) is 6.10 Å². The van der Waals surface area contributed by atoms with Gasteiger partial charge in [0.1, 0.15) is 13.2 Å². The van der Waals surface area contributed by atoms with Crippen LogP contribution in [0.3, 0.4) is 0 Å². The second-order valence-corrected chi connectivity index (χ2v) is 14.3. The highest BCUT2D eigenvalue weighted by Gasteiger charge is 2.19. The number of carbonyl (C=O) groups excluding carboxylic acids is 3. The Bertz CT molecular complexity index is 819. The van der Waals surface area contributed by atoms with Crippen LogP contribution in [0.1, 0.15) is 220 Å². The van der Waals surface area contributed by atoms with Crippen molar-refractivity contribution in [3.05, 3.63) is 24.3 Å². The molecule has 0 aromatic carbocycles. The molecule has 6 nitrogen and oxygen atoms in total. The molecular weight excluding hydrogens is 624 g/mol. The van der Waals surface area contributed by atoms with Crippen molar-refractivity contribution in [2.24, 2.45) is 0 Å². The number of esters is 3. The summed E-state index contributed by atoms with van der Waals surface area (Å²) in [4.78, 5) is 37.5. The number of ether oxygens (including phenoxy) is 3. The Balaban J connectivity index is 4.34. The van der Waals surface area contributed by atoms with E-state index in [2.05, 4.69) is 45.1 Å². The fourth-order valence-electron chi connectivity index (χ4n) is 5.93. The zero-order valence-corrected chi connectivity index (χ0v) is 33.2. The van der Waals surface area contributed by atoms with E-state index >= 15 is 0 Å². The van der Waals surface area contributed by atoms with Crippen molar-refractivity contribution < 1.29 is 28.6 Å². The SMILES string of the molecule is CCCC/C=C\C/C=C\CCCCCCCC(=O)OC[C@@H](COC(=O)CCCCCCCCCCC)OC(=O)CCCCCCCCCCC. The minimum Gasteiger partial charge on any atom is -0.462 e. The van der Waals surface area contributed by atoms with E-state index in [0.717, 1.165) is 77.0 Å². The summed E-state index contributed by atoms with van der Waals surface area (Å²) in [5.74, 6) is -0.891. The predicted molar refractivity (Wildman–Crippen MR) is 210 cm³/mol. The van der Waals surface area contributed by atoms with Crippen molar-refractivity contribution in [3.63, 3.8) is 0 Å². The molecule has 0 aromatic heterocycles. The molecule has 0 fully saturated rings. The number of allylic oxidation sites excluding steroid dienone is 4. The van der Waals surface area contributed by atoms with Gasteiger partial charge in [-0.3, -0.25) is 14.4 Å². The summed E-state index contributed by atoms with van der Waals surface area (Å²) in [6.07, 6.45) is 41.6. The first-order valence-electron chi connectivity index (χ1n) is 21.3. The molecule has 0 radical (unpaired) electrons. The third-order valence-electron chi connectivity index (χ3n) is 9.21. The highest BCUT2D eigenvalue weighted by molar-refractivity contribution is 5.71. The molecule has 0 aliphatic heterocycles. The fraction of sp³-hybridized carbons (Fsp3) is 0.841. The molecule has 0 unspecified atom stereocenters. The molecule has 0 amide bonds. The predicted octanol–water partition coefficient (Wildman–Crippen LogP) is 13.2. The molecule has 0 saturated heterocycles. The Hall–Kier alpha value is -2.11. The Morgan fingerprint density at radius 3 is 1.16 bits per heavy atom. The lowest BCUT2D eigenvalue weighted by molar-refractivity contribution is -0.167. The maximum atomic E-state index is 12.6. The van der Waals surface area contributed by atoms with Crippen LogP contribution in [0.5, 0.6) is 0 Å². The van der Waals surface area contributed by atoms with E-state index in [9.17, 15) is 14.4 Å². The van der Waals surface area contributed by atoms with Gasteiger partial charge in [-0.1, -0.05) is 180 Å². The monoisotopic (exact) mass is 705 g/mol. The maximum Gasteiger partial charge on any atom is 0.306 e. The quantitative estimate of drug-likeness (QED) is 0.0275. The third kappa shape index (κ3) is 37.2. The molecule has 6 heteroatoms. The Labute approximate surface area is 309 Å². The van der Waals surface area contributed by atoms with Gasteiger partial charge < -0.3 is 14.2 Å². The summed E-state index contributed by atoms with van der Waals surface area (Å²) in [5.41, 5.74) is 0. The van der Waals surface area contributed by atoms with E-state index in [1.54, 1.807) is 0 Å². The topological polar surface area (TPSA) is 78.9 Å². The first-order chi connectivity index (χ1) is 24.5. The van der Waals surface area contributed by atoms with E-state index in [-0.39, 0.29) is 31.1 Å². The third-order valence-corrected chi connectivity index (χ3v) is 9.21. The van der Waals surface area contributed by atoms with E-state index < -0.39 is 6.10 Å². The molecule has 0 bridgehead atoms. The summed E-state index contributed by atoms with van der Waals surface area (Å²) >= 11 is 0. The largest absolute Gasteiger partial charge is 0.462 e. The lowest BCUT2D eigenvalue weighted by Gasteiger charge is -2.18. The van der Waals surface area contributed by atoms with Crippen molar-refractivity contribution in [1.82, 2.24) is 0 Å². The lowest BCUT2D eigenvalue weighted by atomic mass is 10.1. The van der Waals surface area contributed by atoms with Crippen molar-refractivity contribution in [3.8, 4) is 0 Å². The average Bonchev–Trinajstić information content (AvgIpc) is 3.11. The first kappa shape index (κ1) is 47.9. The van der Waals surface area contributed by atoms with Crippen LogP contribution in [0.4, 0.5) is 0 Å². The summed E-state index contributed by atoms with van der Waals surface area (Å²) in [5, 5.41) is 0. The molecule has 0 spiro atoms. The molecule has 0 N–H and O–H groups in total. The molecule has 0 saturated carbocycles.